The number of nitrogens with one attached hydrogen (secondary N) is 1. The van der Waals surface area contributed by atoms with Crippen molar-refractivity contribution >= 4 is 17.4 Å². The monoisotopic (exact) mass is 367 g/mol. The van der Waals surface area contributed by atoms with Gasteiger partial charge in [-0.25, -0.2) is 4.79 Å². The zero-order valence-corrected chi connectivity index (χ0v) is 14.5. The number of amides is 1. The minimum Gasteiger partial charge on any atom is -0.507 e. The lowest BCUT2D eigenvalue weighted by Crippen LogP contribution is -2.17. The number of hydrogen-bond donors (Lipinski definition) is 2. The van der Waals surface area contributed by atoms with Crippen LogP contribution in [0.2, 0.25) is 0 Å². The van der Waals surface area contributed by atoms with E-state index in [-0.39, 0.29) is 30.1 Å². The lowest BCUT2D eigenvalue weighted by atomic mass is 10.0. The van der Waals surface area contributed by atoms with Crippen molar-refractivity contribution in [1.29, 1.82) is 0 Å². The Balaban J connectivity index is 1.71. The van der Waals surface area contributed by atoms with Crippen LogP contribution in [0.15, 0.2) is 62.4 Å². The van der Waals surface area contributed by atoms with Crippen molar-refractivity contribution in [1.82, 2.24) is 0 Å². The molecule has 0 fully saturated rings. The minimum absolute atomic E-state index is 0.0917. The first-order chi connectivity index (χ1) is 12.9. The lowest BCUT2D eigenvalue weighted by molar-refractivity contribution is -0.115. The van der Waals surface area contributed by atoms with Crippen LogP contribution in [0, 0.1) is 6.92 Å². The molecule has 27 heavy (non-hydrogen) atoms. The molecule has 0 radical (unpaired) electrons. The molecule has 3 aromatic rings. The molecule has 138 valence electrons. The number of aromatic hydroxyl groups is 1. The van der Waals surface area contributed by atoms with Crippen LogP contribution in [-0.2, 0) is 17.6 Å². The molecule has 0 aliphatic rings. The molecule has 0 spiro atoms. The highest BCUT2D eigenvalue weighted by molar-refractivity contribution is 5.99. The summed E-state index contributed by atoms with van der Waals surface area (Å²) in [4.78, 5) is 36.3. The van der Waals surface area contributed by atoms with Crippen molar-refractivity contribution in [3.63, 3.8) is 0 Å². The van der Waals surface area contributed by atoms with Gasteiger partial charge in [-0.3, -0.25) is 9.59 Å². The van der Waals surface area contributed by atoms with Crippen molar-refractivity contribution < 1.29 is 23.5 Å². The summed E-state index contributed by atoms with van der Waals surface area (Å²) >= 11 is 0. The van der Waals surface area contributed by atoms with Gasteiger partial charge in [0, 0.05) is 18.2 Å². The zero-order chi connectivity index (χ0) is 19.4. The van der Waals surface area contributed by atoms with Gasteiger partial charge >= 0.3 is 5.63 Å². The molecule has 7 nitrogen and oxygen atoms in total. The van der Waals surface area contributed by atoms with Gasteiger partial charge in [0.05, 0.1) is 12.7 Å². The Morgan fingerprint density at radius 2 is 1.93 bits per heavy atom. The maximum Gasteiger partial charge on any atom is 0.350 e. The normalized spacial score (nSPS) is 10.6. The van der Waals surface area contributed by atoms with E-state index in [0.29, 0.717) is 17.0 Å². The molecule has 0 unspecified atom stereocenters. The van der Waals surface area contributed by atoms with Crippen LogP contribution in [-0.4, -0.2) is 16.8 Å². The Hall–Kier alpha value is -3.61. The van der Waals surface area contributed by atoms with Crippen LogP contribution < -0.4 is 10.9 Å². The van der Waals surface area contributed by atoms with Crippen molar-refractivity contribution in [2.45, 2.75) is 19.8 Å². The highest BCUT2D eigenvalue weighted by atomic mass is 16.4. The van der Waals surface area contributed by atoms with Gasteiger partial charge < -0.3 is 19.3 Å². The Bertz CT molecular complexity index is 1030. The van der Waals surface area contributed by atoms with Crippen molar-refractivity contribution in [3.8, 4) is 5.75 Å². The summed E-state index contributed by atoms with van der Waals surface area (Å²) < 4.78 is 10.0. The van der Waals surface area contributed by atoms with Crippen LogP contribution in [0.5, 0.6) is 5.75 Å². The van der Waals surface area contributed by atoms with E-state index in [1.807, 2.05) is 0 Å². The molecule has 0 aliphatic heterocycles. The number of benzene rings is 1. The first-order valence-electron chi connectivity index (χ1n) is 8.20. The first kappa shape index (κ1) is 18.2. The minimum atomic E-state index is -0.875. The van der Waals surface area contributed by atoms with Crippen LogP contribution in [0.1, 0.15) is 27.4 Å². The molecule has 2 heterocycles. The average Bonchev–Trinajstić information content (AvgIpc) is 3.06. The first-order valence-corrected chi connectivity index (χ1v) is 8.20. The summed E-state index contributed by atoms with van der Waals surface area (Å²) in [6.45, 7) is 1.50. The quantitative estimate of drug-likeness (QED) is 0.648. The summed E-state index contributed by atoms with van der Waals surface area (Å²) in [5, 5.41) is 12.6. The average molecular weight is 367 g/mol. The summed E-state index contributed by atoms with van der Waals surface area (Å²) in [5.41, 5.74) is -0.166. The highest BCUT2D eigenvalue weighted by Crippen LogP contribution is 2.18. The number of furan rings is 1. The molecule has 1 amide bonds. The third-order valence-electron chi connectivity index (χ3n) is 3.82. The van der Waals surface area contributed by atoms with Crippen molar-refractivity contribution in [2.24, 2.45) is 0 Å². The van der Waals surface area contributed by atoms with Crippen molar-refractivity contribution in [3.05, 3.63) is 81.8 Å². The molecule has 0 atom stereocenters. The molecule has 0 bridgehead atoms. The van der Waals surface area contributed by atoms with Crippen LogP contribution in [0.3, 0.4) is 0 Å². The summed E-state index contributed by atoms with van der Waals surface area (Å²) in [6, 6.07) is 11.3. The van der Waals surface area contributed by atoms with Crippen LogP contribution >= 0.6 is 0 Å². The fourth-order valence-electron chi connectivity index (χ4n) is 2.66. The van der Waals surface area contributed by atoms with E-state index < -0.39 is 17.2 Å². The van der Waals surface area contributed by atoms with Gasteiger partial charge in [-0.2, -0.15) is 0 Å². The van der Waals surface area contributed by atoms with E-state index in [0.717, 1.165) is 0 Å². The number of anilines is 1. The molecule has 2 aromatic heterocycles. The highest BCUT2D eigenvalue weighted by Gasteiger charge is 2.18. The standard InChI is InChI=1S/C20H17NO6/c1-12-8-16(22)19(20(25)27-12)17(23)10-13-4-2-5-14(9-13)21-18(24)11-15-6-3-7-26-15/h2-9,22H,10-11H2,1H3,(H,21,24). The van der Waals surface area contributed by atoms with Gasteiger partial charge in [-0.05, 0) is 36.8 Å². The number of ketones is 1. The Labute approximate surface area is 154 Å². The third-order valence-corrected chi connectivity index (χ3v) is 3.82. The largest absolute Gasteiger partial charge is 0.507 e. The van der Waals surface area contributed by atoms with E-state index >= 15 is 0 Å². The van der Waals surface area contributed by atoms with E-state index in [9.17, 15) is 19.5 Å². The fraction of sp³-hybridized carbons (Fsp3) is 0.150. The predicted octanol–water partition coefficient (Wildman–Crippen LogP) is 2.85. The molecule has 0 saturated heterocycles. The Kier molecular flexibility index (Phi) is 5.21. The number of carbonyl (C=O) groups excluding carboxylic acids is 2. The smallest absolute Gasteiger partial charge is 0.350 e. The van der Waals surface area contributed by atoms with Crippen LogP contribution in [0.25, 0.3) is 0 Å². The number of rotatable bonds is 6. The summed E-state index contributed by atoms with van der Waals surface area (Å²) in [6.07, 6.45) is 1.46. The van der Waals surface area contributed by atoms with Gasteiger partial charge in [-0.15, -0.1) is 0 Å². The Morgan fingerprint density at radius 1 is 1.11 bits per heavy atom. The lowest BCUT2D eigenvalue weighted by Gasteiger charge is -2.07. The number of hydrogen-bond acceptors (Lipinski definition) is 6. The van der Waals surface area contributed by atoms with Crippen LogP contribution in [0.4, 0.5) is 5.69 Å². The number of carbonyl (C=O) groups is 2. The third kappa shape index (κ3) is 4.52. The second-order valence-electron chi connectivity index (χ2n) is 6.01. The molecule has 7 heteroatoms. The Morgan fingerprint density at radius 3 is 2.63 bits per heavy atom. The number of Topliss-reactive ketones (excluding diaryl/α,β-unsaturated/α-hetero) is 1. The van der Waals surface area contributed by atoms with Gasteiger partial charge in [0.15, 0.2) is 5.78 Å². The van der Waals surface area contributed by atoms with E-state index in [2.05, 4.69) is 5.32 Å². The molecule has 2 N–H and O–H groups in total. The second-order valence-corrected chi connectivity index (χ2v) is 6.01. The second kappa shape index (κ2) is 7.74. The van der Waals surface area contributed by atoms with Crippen molar-refractivity contribution in [2.75, 3.05) is 5.32 Å². The number of aryl methyl sites for hydroxylation is 1. The van der Waals surface area contributed by atoms with E-state index in [1.54, 1.807) is 36.4 Å². The zero-order valence-electron chi connectivity index (χ0n) is 14.5. The fourth-order valence-corrected chi connectivity index (χ4v) is 2.66. The topological polar surface area (TPSA) is 110 Å². The summed E-state index contributed by atoms with van der Waals surface area (Å²) in [5.74, 6) is -0.474. The van der Waals surface area contributed by atoms with Gasteiger partial charge in [0.25, 0.3) is 0 Å². The van der Waals surface area contributed by atoms with Gasteiger partial charge in [-0.1, -0.05) is 12.1 Å². The predicted molar refractivity (Wildman–Crippen MR) is 96.9 cm³/mol. The molecular weight excluding hydrogens is 350 g/mol. The molecular formula is C20H17NO6. The van der Waals surface area contributed by atoms with Gasteiger partial charge in [0.1, 0.15) is 22.8 Å². The molecule has 3 rings (SSSR count). The summed E-state index contributed by atoms with van der Waals surface area (Å²) in [7, 11) is 0. The molecule has 0 aliphatic carbocycles. The maximum absolute atomic E-state index is 12.4. The SMILES string of the molecule is Cc1cc(O)c(C(=O)Cc2cccc(NC(=O)Cc3ccco3)c2)c(=O)o1. The van der Waals surface area contributed by atoms with E-state index in [4.69, 9.17) is 8.83 Å². The maximum atomic E-state index is 12.4. The molecule has 0 saturated carbocycles. The molecule has 1 aromatic carbocycles. The van der Waals surface area contributed by atoms with E-state index in [1.165, 1.54) is 19.3 Å². The van der Waals surface area contributed by atoms with Gasteiger partial charge in [0.2, 0.25) is 5.91 Å².